The van der Waals surface area contributed by atoms with Crippen molar-refractivity contribution in [3.8, 4) is 11.8 Å². The molecule has 0 saturated heterocycles. The van der Waals surface area contributed by atoms with E-state index in [2.05, 4.69) is 31.9 Å². The highest BCUT2D eigenvalue weighted by molar-refractivity contribution is 9.10. The van der Waals surface area contributed by atoms with Gasteiger partial charge >= 0.3 is 0 Å². The summed E-state index contributed by atoms with van der Waals surface area (Å²) in [5, 5.41) is 17.3. The van der Waals surface area contributed by atoms with E-state index in [0.29, 0.717) is 24.1 Å². The Labute approximate surface area is 241 Å². The molecule has 0 aromatic heterocycles. The van der Waals surface area contributed by atoms with E-state index in [1.165, 1.54) is 30.3 Å². The highest BCUT2D eigenvalue weighted by Crippen LogP contribution is 2.45. The Morgan fingerprint density at radius 1 is 0.975 bits per heavy atom. The summed E-state index contributed by atoms with van der Waals surface area (Å²) in [6.07, 6.45) is -1.73. The third-order valence-electron chi connectivity index (χ3n) is 6.08. The Kier molecular flexibility index (Phi) is 9.02. The summed E-state index contributed by atoms with van der Waals surface area (Å²) in [7, 11) is 0. The van der Waals surface area contributed by atoms with Crippen molar-refractivity contribution in [3.05, 3.63) is 86.8 Å². The molecule has 0 radical (unpaired) electrons. The van der Waals surface area contributed by atoms with Crippen LogP contribution in [0.2, 0.25) is 5.02 Å². The average molecular weight is 632 g/mol. The number of hydrogen-bond acceptors (Lipinski definition) is 5. The summed E-state index contributed by atoms with van der Waals surface area (Å²) in [5.74, 6) is -1.69. The van der Waals surface area contributed by atoms with Gasteiger partial charge in [0.25, 0.3) is 18.2 Å². The number of nitrogens with zero attached hydrogens (tertiary/aromatic N) is 1. The topological polar surface area (TPSA) is 120 Å². The highest BCUT2D eigenvalue weighted by Gasteiger charge is 2.50. The van der Waals surface area contributed by atoms with Gasteiger partial charge in [0.05, 0.1) is 22.2 Å². The standard InChI is InChI=1S/C28H22BrClF2N4O4/c29-17-2-4-18(5-3-17)35-26(38)21-12-19(6-8-23(21)40-14-24(31)32)36-25(37)20-11-16(1-7-22(20)30)13-34-27(39)28(15-33)9-10-28/h1-8,11-12,24H,9-10,13-14H2,(H,34,39)(H,35,38)(H,36,37). The molecule has 1 aliphatic carbocycles. The number of halogens is 4. The number of ether oxygens (including phenoxy) is 1. The molecule has 12 heteroatoms. The molecule has 3 N–H and O–H groups in total. The van der Waals surface area contributed by atoms with Crippen molar-refractivity contribution in [2.75, 3.05) is 17.2 Å². The molecule has 3 aromatic carbocycles. The van der Waals surface area contributed by atoms with Gasteiger partial charge in [-0.3, -0.25) is 14.4 Å². The van der Waals surface area contributed by atoms with Crippen LogP contribution in [-0.4, -0.2) is 30.8 Å². The fraction of sp³-hybridized carbons (Fsp3) is 0.214. The monoisotopic (exact) mass is 630 g/mol. The quantitative estimate of drug-likeness (QED) is 0.247. The molecule has 0 atom stereocenters. The molecule has 0 unspecified atom stereocenters. The van der Waals surface area contributed by atoms with E-state index in [0.717, 1.165) is 4.47 Å². The number of alkyl halides is 2. The predicted molar refractivity (Wildman–Crippen MR) is 149 cm³/mol. The number of hydrogen-bond donors (Lipinski definition) is 3. The molecule has 0 heterocycles. The third kappa shape index (κ3) is 7.14. The van der Waals surface area contributed by atoms with Crippen LogP contribution in [0.25, 0.3) is 0 Å². The van der Waals surface area contributed by atoms with Gasteiger partial charge in [-0.05, 0) is 73.0 Å². The Bertz CT molecular complexity index is 1490. The molecule has 3 amide bonds. The van der Waals surface area contributed by atoms with Gasteiger partial charge in [0.1, 0.15) is 17.8 Å². The normalized spacial score (nSPS) is 13.2. The minimum atomic E-state index is -2.75. The van der Waals surface area contributed by atoms with Crippen LogP contribution in [0, 0.1) is 16.7 Å². The van der Waals surface area contributed by atoms with Crippen molar-refractivity contribution in [1.29, 1.82) is 5.26 Å². The highest BCUT2D eigenvalue weighted by atomic mass is 79.9. The first-order chi connectivity index (χ1) is 19.1. The Balaban J connectivity index is 1.51. The van der Waals surface area contributed by atoms with Crippen molar-refractivity contribution in [2.45, 2.75) is 25.8 Å². The van der Waals surface area contributed by atoms with Crippen molar-refractivity contribution >= 4 is 56.6 Å². The first-order valence-electron chi connectivity index (χ1n) is 12.0. The van der Waals surface area contributed by atoms with E-state index in [1.807, 2.05) is 6.07 Å². The van der Waals surface area contributed by atoms with Gasteiger partial charge in [-0.1, -0.05) is 33.6 Å². The summed E-state index contributed by atoms with van der Waals surface area (Å²) in [5.41, 5.74) is 0.292. The second kappa shape index (κ2) is 12.4. The number of carbonyl (C=O) groups is 3. The van der Waals surface area contributed by atoms with Crippen LogP contribution in [0.15, 0.2) is 65.1 Å². The molecular formula is C28H22BrClF2N4O4. The van der Waals surface area contributed by atoms with Gasteiger partial charge < -0.3 is 20.7 Å². The molecule has 8 nitrogen and oxygen atoms in total. The van der Waals surface area contributed by atoms with Crippen LogP contribution in [-0.2, 0) is 11.3 Å². The fourth-order valence-electron chi connectivity index (χ4n) is 3.72. The molecule has 1 saturated carbocycles. The van der Waals surface area contributed by atoms with E-state index in [4.69, 9.17) is 16.3 Å². The van der Waals surface area contributed by atoms with Crippen molar-refractivity contribution < 1.29 is 27.9 Å². The maximum atomic E-state index is 13.1. The molecule has 0 spiro atoms. The van der Waals surface area contributed by atoms with Gasteiger partial charge in [-0.25, -0.2) is 8.78 Å². The van der Waals surface area contributed by atoms with Gasteiger partial charge in [0.15, 0.2) is 0 Å². The number of carbonyl (C=O) groups excluding carboxylic acids is 3. The summed E-state index contributed by atoms with van der Waals surface area (Å²) in [6.45, 7) is -0.824. The minimum Gasteiger partial charge on any atom is -0.487 e. The zero-order chi connectivity index (χ0) is 28.9. The molecule has 40 heavy (non-hydrogen) atoms. The largest absolute Gasteiger partial charge is 0.487 e. The summed E-state index contributed by atoms with van der Waals surface area (Å²) in [4.78, 5) is 38.4. The first kappa shape index (κ1) is 29.0. The van der Waals surface area contributed by atoms with Gasteiger partial charge in [0, 0.05) is 22.4 Å². The lowest BCUT2D eigenvalue weighted by Gasteiger charge is -2.15. The van der Waals surface area contributed by atoms with Crippen LogP contribution in [0.3, 0.4) is 0 Å². The lowest BCUT2D eigenvalue weighted by Crippen LogP contribution is -2.30. The van der Waals surface area contributed by atoms with Crippen LogP contribution < -0.4 is 20.7 Å². The van der Waals surface area contributed by atoms with Crippen LogP contribution in [0.1, 0.15) is 39.1 Å². The second-order valence-electron chi connectivity index (χ2n) is 9.02. The van der Waals surface area contributed by atoms with Crippen molar-refractivity contribution in [3.63, 3.8) is 0 Å². The molecule has 1 aliphatic rings. The lowest BCUT2D eigenvalue weighted by molar-refractivity contribution is -0.124. The van der Waals surface area contributed by atoms with Gasteiger partial charge in [0.2, 0.25) is 5.91 Å². The smallest absolute Gasteiger partial charge is 0.272 e. The predicted octanol–water partition coefficient (Wildman–Crippen LogP) is 6.17. The first-order valence-corrected chi connectivity index (χ1v) is 13.2. The Hall–Kier alpha value is -4.01. The number of nitrogens with one attached hydrogen (secondary N) is 3. The molecule has 3 aromatic rings. The van der Waals surface area contributed by atoms with Crippen LogP contribution in [0.5, 0.6) is 5.75 Å². The molecule has 1 fully saturated rings. The molecule has 206 valence electrons. The number of amides is 3. The number of benzene rings is 3. The molecule has 0 aliphatic heterocycles. The van der Waals surface area contributed by atoms with E-state index in [-0.39, 0.29) is 40.0 Å². The van der Waals surface area contributed by atoms with Crippen LogP contribution >= 0.6 is 27.5 Å². The summed E-state index contributed by atoms with van der Waals surface area (Å²) >= 11 is 9.56. The third-order valence-corrected chi connectivity index (χ3v) is 6.93. The maximum Gasteiger partial charge on any atom is 0.272 e. The lowest BCUT2D eigenvalue weighted by atomic mass is 10.1. The average Bonchev–Trinajstić information content (AvgIpc) is 3.74. The van der Waals surface area contributed by atoms with Crippen LogP contribution in [0.4, 0.5) is 20.2 Å². The SMILES string of the molecule is N#CC1(C(=O)NCc2ccc(Cl)c(C(=O)Nc3ccc(OCC(F)F)c(C(=O)Nc4ccc(Br)cc4)c3)c2)CC1. The zero-order valence-electron chi connectivity index (χ0n) is 20.8. The van der Waals surface area contributed by atoms with E-state index in [1.54, 1.807) is 30.3 Å². The zero-order valence-corrected chi connectivity index (χ0v) is 23.1. The number of nitriles is 1. The van der Waals surface area contributed by atoms with Gasteiger partial charge in [-0.15, -0.1) is 0 Å². The van der Waals surface area contributed by atoms with E-state index < -0.39 is 30.3 Å². The van der Waals surface area contributed by atoms with Crippen molar-refractivity contribution in [2.24, 2.45) is 5.41 Å². The fourth-order valence-corrected chi connectivity index (χ4v) is 4.18. The Morgan fingerprint density at radius 3 is 2.27 bits per heavy atom. The van der Waals surface area contributed by atoms with E-state index >= 15 is 0 Å². The maximum absolute atomic E-state index is 13.1. The Morgan fingerprint density at radius 2 is 1.62 bits per heavy atom. The summed E-state index contributed by atoms with van der Waals surface area (Å²) in [6, 6.07) is 17.4. The van der Waals surface area contributed by atoms with Crippen molar-refractivity contribution in [1.82, 2.24) is 5.32 Å². The molecule has 0 bridgehead atoms. The number of anilines is 2. The van der Waals surface area contributed by atoms with Gasteiger partial charge in [-0.2, -0.15) is 5.26 Å². The molecule has 4 rings (SSSR count). The van der Waals surface area contributed by atoms with E-state index in [9.17, 15) is 28.4 Å². The second-order valence-corrected chi connectivity index (χ2v) is 10.3. The summed E-state index contributed by atoms with van der Waals surface area (Å²) < 4.78 is 31.5. The molecular weight excluding hydrogens is 610 g/mol. The number of rotatable bonds is 10. The minimum absolute atomic E-state index is 0.0737.